The van der Waals surface area contributed by atoms with Crippen molar-refractivity contribution in [2.75, 3.05) is 7.05 Å². The Balaban J connectivity index is 0.00000288. The zero-order valence-electron chi connectivity index (χ0n) is 15.0. The maximum atomic E-state index is 5.61. The van der Waals surface area contributed by atoms with Crippen molar-refractivity contribution in [3.63, 3.8) is 0 Å². The number of hydrogen-bond donors (Lipinski definition) is 2. The smallest absolute Gasteiger partial charge is 0.232 e. The number of aryl methyl sites for hydroxylation is 1. The molecule has 2 rings (SSSR count). The van der Waals surface area contributed by atoms with Crippen LogP contribution in [0.5, 0.6) is 0 Å². The molecular weight excluding hydrogens is 421 g/mol. The second-order valence-electron chi connectivity index (χ2n) is 6.51. The Morgan fingerprint density at radius 1 is 1.33 bits per heavy atom. The summed E-state index contributed by atoms with van der Waals surface area (Å²) in [5, 5.41) is 10.4. The molecule has 0 saturated carbocycles. The molecule has 24 heavy (non-hydrogen) atoms. The molecule has 2 aromatic heterocycles. The summed E-state index contributed by atoms with van der Waals surface area (Å²) < 4.78 is 10.9. The molecule has 0 radical (unpaired) electrons. The number of nitrogens with zero attached hydrogens (tertiary/aromatic N) is 3. The van der Waals surface area contributed by atoms with E-state index in [1.165, 1.54) is 0 Å². The van der Waals surface area contributed by atoms with Gasteiger partial charge >= 0.3 is 0 Å². The molecule has 0 saturated heterocycles. The number of aliphatic imine (C=N–C) groups is 1. The first-order valence-electron chi connectivity index (χ1n) is 7.66. The highest BCUT2D eigenvalue weighted by atomic mass is 127. The van der Waals surface area contributed by atoms with Crippen molar-refractivity contribution in [2.45, 2.75) is 52.6 Å². The molecule has 0 bridgehead atoms. The van der Waals surface area contributed by atoms with Crippen molar-refractivity contribution in [3.05, 3.63) is 35.4 Å². The minimum atomic E-state index is -0.156. The van der Waals surface area contributed by atoms with Gasteiger partial charge in [0.05, 0.1) is 12.6 Å². The molecule has 0 aliphatic heterocycles. The maximum absolute atomic E-state index is 5.61. The second-order valence-corrected chi connectivity index (χ2v) is 6.51. The van der Waals surface area contributed by atoms with Gasteiger partial charge in [0.25, 0.3) is 0 Å². The predicted octanol–water partition coefficient (Wildman–Crippen LogP) is 3.31. The zero-order valence-corrected chi connectivity index (χ0v) is 17.3. The summed E-state index contributed by atoms with van der Waals surface area (Å²) in [7, 11) is 1.71. The van der Waals surface area contributed by atoms with Crippen molar-refractivity contribution in [3.8, 4) is 0 Å². The molecule has 0 aromatic carbocycles. The van der Waals surface area contributed by atoms with Crippen molar-refractivity contribution < 1.29 is 8.94 Å². The number of aromatic nitrogens is 2. The monoisotopic (exact) mass is 447 g/mol. The van der Waals surface area contributed by atoms with Crippen LogP contribution in [0.3, 0.4) is 0 Å². The third-order valence-electron chi connectivity index (χ3n) is 3.29. The molecule has 134 valence electrons. The van der Waals surface area contributed by atoms with Crippen molar-refractivity contribution in [2.24, 2.45) is 4.99 Å². The molecule has 2 aromatic rings. The normalized spacial score (nSPS) is 13.3. The first-order chi connectivity index (χ1) is 10.8. The summed E-state index contributed by atoms with van der Waals surface area (Å²) >= 11 is 0. The van der Waals surface area contributed by atoms with E-state index in [9.17, 15) is 0 Å². The number of guanidine groups is 1. The SMILES string of the molecule is CN=C(NCc1noc(C(C)(C)C)n1)NC(C)c1ccc(C)o1.I. The van der Waals surface area contributed by atoms with E-state index in [1.54, 1.807) is 7.05 Å². The van der Waals surface area contributed by atoms with Gasteiger partial charge in [0.1, 0.15) is 11.5 Å². The van der Waals surface area contributed by atoms with E-state index in [0.717, 1.165) is 11.5 Å². The molecule has 0 aliphatic rings. The van der Waals surface area contributed by atoms with E-state index >= 15 is 0 Å². The third-order valence-corrected chi connectivity index (χ3v) is 3.29. The fourth-order valence-electron chi connectivity index (χ4n) is 1.95. The average molecular weight is 447 g/mol. The Morgan fingerprint density at radius 2 is 2.04 bits per heavy atom. The highest BCUT2D eigenvalue weighted by Gasteiger charge is 2.21. The van der Waals surface area contributed by atoms with E-state index in [1.807, 2.05) is 46.8 Å². The summed E-state index contributed by atoms with van der Waals surface area (Å²) in [5.74, 6) is 3.61. The lowest BCUT2D eigenvalue weighted by Gasteiger charge is -2.15. The van der Waals surface area contributed by atoms with Crippen LogP contribution in [0.4, 0.5) is 0 Å². The van der Waals surface area contributed by atoms with E-state index in [4.69, 9.17) is 8.94 Å². The Morgan fingerprint density at radius 3 is 2.54 bits per heavy atom. The fourth-order valence-corrected chi connectivity index (χ4v) is 1.95. The number of nitrogens with one attached hydrogen (secondary N) is 2. The minimum Gasteiger partial charge on any atom is -0.464 e. The zero-order chi connectivity index (χ0) is 17.0. The second kappa shape index (κ2) is 8.50. The third kappa shape index (κ3) is 5.50. The number of rotatable bonds is 4. The Bertz CT molecular complexity index is 672. The van der Waals surface area contributed by atoms with E-state index in [-0.39, 0.29) is 35.4 Å². The summed E-state index contributed by atoms with van der Waals surface area (Å²) in [6.07, 6.45) is 0. The van der Waals surface area contributed by atoms with Gasteiger partial charge in [-0.2, -0.15) is 4.98 Å². The van der Waals surface area contributed by atoms with Gasteiger partial charge in [0.15, 0.2) is 11.8 Å². The molecule has 1 atom stereocenters. The van der Waals surface area contributed by atoms with Crippen molar-refractivity contribution >= 4 is 29.9 Å². The first kappa shape index (κ1) is 20.5. The van der Waals surface area contributed by atoms with Crippen LogP contribution in [0.1, 0.15) is 57.0 Å². The van der Waals surface area contributed by atoms with Crippen LogP contribution in [0.15, 0.2) is 26.1 Å². The van der Waals surface area contributed by atoms with Crippen LogP contribution in [-0.4, -0.2) is 23.1 Å². The first-order valence-corrected chi connectivity index (χ1v) is 7.66. The molecule has 2 N–H and O–H groups in total. The Kier molecular flexibility index (Phi) is 7.25. The molecule has 0 spiro atoms. The number of halogens is 1. The number of hydrogen-bond acceptors (Lipinski definition) is 5. The van der Waals surface area contributed by atoms with Gasteiger partial charge in [-0.15, -0.1) is 24.0 Å². The van der Waals surface area contributed by atoms with Gasteiger partial charge in [0, 0.05) is 12.5 Å². The van der Waals surface area contributed by atoms with Gasteiger partial charge in [-0.25, -0.2) is 0 Å². The van der Waals surface area contributed by atoms with Gasteiger partial charge in [-0.3, -0.25) is 4.99 Å². The predicted molar refractivity (Wildman–Crippen MR) is 104 cm³/mol. The van der Waals surface area contributed by atoms with Gasteiger partial charge < -0.3 is 19.6 Å². The van der Waals surface area contributed by atoms with Gasteiger partial charge in [0.2, 0.25) is 5.89 Å². The summed E-state index contributed by atoms with van der Waals surface area (Å²) in [5.41, 5.74) is -0.156. The van der Waals surface area contributed by atoms with Crippen molar-refractivity contribution in [1.29, 1.82) is 0 Å². The Labute approximate surface area is 159 Å². The average Bonchev–Trinajstić information content (AvgIpc) is 3.11. The van der Waals surface area contributed by atoms with Crippen LogP contribution < -0.4 is 10.6 Å². The molecular formula is C16H26IN5O2. The van der Waals surface area contributed by atoms with Crippen molar-refractivity contribution in [1.82, 2.24) is 20.8 Å². The Hall–Kier alpha value is -1.58. The summed E-state index contributed by atoms with van der Waals surface area (Å²) in [4.78, 5) is 8.58. The van der Waals surface area contributed by atoms with E-state index in [2.05, 4.69) is 25.8 Å². The molecule has 0 fully saturated rings. The topological polar surface area (TPSA) is 88.5 Å². The molecule has 0 amide bonds. The van der Waals surface area contributed by atoms with Crippen LogP contribution in [0.2, 0.25) is 0 Å². The van der Waals surface area contributed by atoms with Gasteiger partial charge in [-0.1, -0.05) is 25.9 Å². The van der Waals surface area contributed by atoms with Crippen LogP contribution in [0.25, 0.3) is 0 Å². The van der Waals surface area contributed by atoms with E-state index < -0.39 is 0 Å². The quantitative estimate of drug-likeness (QED) is 0.425. The summed E-state index contributed by atoms with van der Waals surface area (Å²) in [6, 6.07) is 3.90. The van der Waals surface area contributed by atoms with Gasteiger partial charge in [-0.05, 0) is 26.0 Å². The fraction of sp³-hybridized carbons (Fsp3) is 0.562. The number of furan rings is 1. The largest absolute Gasteiger partial charge is 0.464 e. The van der Waals surface area contributed by atoms with Crippen LogP contribution >= 0.6 is 24.0 Å². The lowest BCUT2D eigenvalue weighted by atomic mass is 9.97. The standard InChI is InChI=1S/C16H25N5O2.HI/c1-10-7-8-12(22-10)11(2)19-15(17-6)18-9-13-20-14(23-21-13)16(3,4)5;/h7-8,11H,9H2,1-6H3,(H2,17,18,19);1H. The summed E-state index contributed by atoms with van der Waals surface area (Å²) in [6.45, 7) is 10.5. The highest BCUT2D eigenvalue weighted by Crippen LogP contribution is 2.19. The highest BCUT2D eigenvalue weighted by molar-refractivity contribution is 14.0. The molecule has 1 unspecified atom stereocenters. The van der Waals surface area contributed by atoms with Crippen LogP contribution in [-0.2, 0) is 12.0 Å². The lowest BCUT2D eigenvalue weighted by Crippen LogP contribution is -2.38. The van der Waals surface area contributed by atoms with Crippen LogP contribution in [0, 0.1) is 6.92 Å². The maximum Gasteiger partial charge on any atom is 0.232 e. The van der Waals surface area contributed by atoms with E-state index in [0.29, 0.717) is 24.2 Å². The lowest BCUT2D eigenvalue weighted by molar-refractivity contribution is 0.318. The molecule has 7 nitrogen and oxygen atoms in total. The minimum absolute atomic E-state index is 0. The molecule has 2 heterocycles. The molecule has 0 aliphatic carbocycles. The molecule has 8 heteroatoms.